The van der Waals surface area contributed by atoms with Gasteiger partial charge in [0.25, 0.3) is 0 Å². The van der Waals surface area contributed by atoms with Gasteiger partial charge >= 0.3 is 0 Å². The molecule has 0 saturated heterocycles. The summed E-state index contributed by atoms with van der Waals surface area (Å²) >= 11 is 3.37. The Bertz CT molecular complexity index is 1030. The number of likely N-dealkylation sites (N-methyl/N-ethyl adjacent to an activating group) is 1. The van der Waals surface area contributed by atoms with Crippen molar-refractivity contribution in [1.82, 2.24) is 10.2 Å². The number of methoxy groups -OCH3 is 1. The molecule has 0 aromatic heterocycles. The Balaban J connectivity index is 2.41. The third-order valence-corrected chi connectivity index (χ3v) is 6.37. The summed E-state index contributed by atoms with van der Waals surface area (Å²) in [6.45, 7) is 1.27. The summed E-state index contributed by atoms with van der Waals surface area (Å²) in [6, 6.07) is 13.1. The lowest BCUT2D eigenvalue weighted by Gasteiger charge is -2.31. The molecule has 0 spiro atoms. The van der Waals surface area contributed by atoms with Gasteiger partial charge in [-0.15, -0.1) is 0 Å². The Morgan fingerprint density at radius 3 is 2.29 bits per heavy atom. The minimum absolute atomic E-state index is 0.143. The molecule has 31 heavy (non-hydrogen) atoms. The molecule has 2 amide bonds. The fourth-order valence-electron chi connectivity index (χ4n) is 3.01. The number of para-hydroxylation sites is 2. The van der Waals surface area contributed by atoms with Crippen molar-refractivity contribution in [1.29, 1.82) is 0 Å². The summed E-state index contributed by atoms with van der Waals surface area (Å²) in [7, 11) is -0.900. The Morgan fingerprint density at radius 2 is 1.74 bits per heavy atom. The van der Waals surface area contributed by atoms with Gasteiger partial charge < -0.3 is 15.0 Å². The maximum Gasteiger partial charge on any atom is 0.244 e. The number of nitrogens with one attached hydrogen (secondary N) is 1. The second-order valence-electron chi connectivity index (χ2n) is 6.88. The van der Waals surface area contributed by atoms with Crippen molar-refractivity contribution in [2.24, 2.45) is 0 Å². The van der Waals surface area contributed by atoms with Crippen LogP contribution in [0.2, 0.25) is 0 Å². The van der Waals surface area contributed by atoms with Crippen molar-refractivity contribution < 1.29 is 22.7 Å². The van der Waals surface area contributed by atoms with Crippen LogP contribution in [0.15, 0.2) is 53.0 Å². The van der Waals surface area contributed by atoms with Crippen LogP contribution in [-0.2, 0) is 26.2 Å². The number of carbonyl (C=O) groups is 2. The van der Waals surface area contributed by atoms with Crippen molar-refractivity contribution >= 4 is 43.5 Å². The number of rotatable bonds is 9. The highest BCUT2D eigenvalue weighted by molar-refractivity contribution is 9.10. The highest BCUT2D eigenvalue weighted by Gasteiger charge is 2.30. The molecular weight excluding hydrogens is 486 g/mol. The van der Waals surface area contributed by atoms with Gasteiger partial charge in [0.15, 0.2) is 0 Å². The fourth-order valence-corrected chi connectivity index (χ4v) is 4.13. The first kappa shape index (κ1) is 24.7. The van der Waals surface area contributed by atoms with Gasteiger partial charge in [-0.1, -0.05) is 40.2 Å². The van der Waals surface area contributed by atoms with Gasteiger partial charge in [0.05, 0.1) is 19.1 Å². The lowest BCUT2D eigenvalue weighted by Crippen LogP contribution is -2.50. The summed E-state index contributed by atoms with van der Waals surface area (Å²) in [5, 5.41) is 2.54. The molecule has 8 nitrogen and oxygen atoms in total. The number of carbonyl (C=O) groups excluding carboxylic acids is 2. The van der Waals surface area contributed by atoms with Crippen LogP contribution in [0.4, 0.5) is 5.69 Å². The molecule has 1 unspecified atom stereocenters. The van der Waals surface area contributed by atoms with Gasteiger partial charge in [-0.2, -0.15) is 0 Å². The zero-order valence-electron chi connectivity index (χ0n) is 17.8. The molecule has 168 valence electrons. The normalized spacial score (nSPS) is 12.0. The summed E-state index contributed by atoms with van der Waals surface area (Å²) in [5.41, 5.74) is 1.05. The average molecular weight is 512 g/mol. The minimum atomic E-state index is -3.81. The van der Waals surface area contributed by atoms with Crippen LogP contribution in [0.25, 0.3) is 0 Å². The number of ether oxygens (including phenoxy) is 1. The van der Waals surface area contributed by atoms with E-state index in [1.54, 1.807) is 31.2 Å². The van der Waals surface area contributed by atoms with Crippen molar-refractivity contribution in [3.63, 3.8) is 0 Å². The summed E-state index contributed by atoms with van der Waals surface area (Å²) < 4.78 is 32.2. The van der Waals surface area contributed by atoms with Crippen LogP contribution in [0.1, 0.15) is 12.5 Å². The van der Waals surface area contributed by atoms with E-state index in [2.05, 4.69) is 21.2 Å². The molecule has 0 bridgehead atoms. The zero-order valence-corrected chi connectivity index (χ0v) is 20.2. The lowest BCUT2D eigenvalue weighted by molar-refractivity contribution is -0.139. The first-order chi connectivity index (χ1) is 14.6. The van der Waals surface area contributed by atoms with E-state index < -0.39 is 28.5 Å². The number of hydrogen-bond acceptors (Lipinski definition) is 5. The Morgan fingerprint density at radius 1 is 1.13 bits per heavy atom. The molecule has 1 atom stereocenters. The molecule has 0 radical (unpaired) electrons. The number of nitrogens with zero attached hydrogens (tertiary/aromatic N) is 2. The van der Waals surface area contributed by atoms with E-state index in [9.17, 15) is 18.0 Å². The SMILES string of the molecule is CNC(=O)C(C)N(Cc1ccc(Br)cc1)C(=O)CN(c1ccccc1OC)S(C)(=O)=O. The molecule has 2 aromatic rings. The van der Waals surface area contributed by atoms with E-state index in [0.29, 0.717) is 5.75 Å². The number of halogens is 1. The largest absolute Gasteiger partial charge is 0.495 e. The fraction of sp³-hybridized carbons (Fsp3) is 0.333. The average Bonchev–Trinajstić information content (AvgIpc) is 2.75. The smallest absolute Gasteiger partial charge is 0.244 e. The van der Waals surface area contributed by atoms with E-state index in [4.69, 9.17) is 4.74 Å². The highest BCUT2D eigenvalue weighted by atomic mass is 79.9. The zero-order chi connectivity index (χ0) is 23.2. The van der Waals surface area contributed by atoms with Gasteiger partial charge in [-0.25, -0.2) is 8.42 Å². The molecule has 2 rings (SSSR count). The standard InChI is InChI=1S/C21H26BrN3O5S/c1-15(21(27)23-2)24(13-16-9-11-17(22)12-10-16)20(26)14-25(31(4,28)29)18-7-5-6-8-19(18)30-3/h5-12,15H,13-14H2,1-4H3,(H,23,27). The summed E-state index contributed by atoms with van der Waals surface area (Å²) in [6.07, 6.45) is 1.02. The van der Waals surface area contributed by atoms with Gasteiger partial charge in [0.2, 0.25) is 21.8 Å². The summed E-state index contributed by atoms with van der Waals surface area (Å²) in [4.78, 5) is 26.9. The molecule has 0 saturated carbocycles. The highest BCUT2D eigenvalue weighted by Crippen LogP contribution is 2.29. The number of anilines is 1. The van der Waals surface area contributed by atoms with Crippen molar-refractivity contribution in [3.8, 4) is 5.75 Å². The lowest BCUT2D eigenvalue weighted by atomic mass is 10.1. The third kappa shape index (κ3) is 6.44. The van der Waals surface area contributed by atoms with Crippen LogP contribution in [-0.4, -0.2) is 58.1 Å². The Hall–Kier alpha value is -2.59. The second-order valence-corrected chi connectivity index (χ2v) is 9.70. The molecule has 0 aliphatic carbocycles. The van der Waals surface area contributed by atoms with Gasteiger partial charge in [0, 0.05) is 18.1 Å². The molecule has 10 heteroatoms. The number of sulfonamides is 1. The maximum absolute atomic E-state index is 13.3. The minimum Gasteiger partial charge on any atom is -0.495 e. The monoisotopic (exact) mass is 511 g/mol. The van der Waals surface area contributed by atoms with Crippen molar-refractivity contribution in [2.45, 2.75) is 19.5 Å². The van der Waals surface area contributed by atoms with Gasteiger partial charge in [-0.05, 0) is 36.8 Å². The Labute approximate surface area is 191 Å². The topological polar surface area (TPSA) is 96.0 Å². The number of amides is 2. The number of hydrogen-bond donors (Lipinski definition) is 1. The predicted octanol–water partition coefficient (Wildman–Crippen LogP) is 2.39. The molecular formula is C21H26BrN3O5S. The molecule has 1 N–H and O–H groups in total. The first-order valence-corrected chi connectivity index (χ1v) is 12.1. The van der Waals surface area contributed by atoms with Gasteiger partial charge in [0.1, 0.15) is 18.3 Å². The van der Waals surface area contributed by atoms with Crippen molar-refractivity contribution in [2.75, 3.05) is 31.3 Å². The first-order valence-electron chi connectivity index (χ1n) is 9.44. The third-order valence-electron chi connectivity index (χ3n) is 4.71. The molecule has 0 heterocycles. The van der Waals surface area contributed by atoms with E-state index in [1.807, 2.05) is 24.3 Å². The predicted molar refractivity (Wildman–Crippen MR) is 123 cm³/mol. The maximum atomic E-state index is 13.3. The van der Waals surface area contributed by atoms with Crippen LogP contribution in [0.5, 0.6) is 5.75 Å². The Kier molecular flexibility index (Phi) is 8.46. The summed E-state index contributed by atoms with van der Waals surface area (Å²) in [5.74, 6) is -0.552. The molecule has 2 aromatic carbocycles. The molecule has 0 fully saturated rings. The molecule has 0 aliphatic heterocycles. The molecule has 0 aliphatic rings. The van der Waals surface area contributed by atoms with E-state index in [1.165, 1.54) is 19.1 Å². The van der Waals surface area contributed by atoms with E-state index in [0.717, 1.165) is 20.6 Å². The van der Waals surface area contributed by atoms with Crippen LogP contribution >= 0.6 is 15.9 Å². The van der Waals surface area contributed by atoms with E-state index >= 15 is 0 Å². The number of benzene rings is 2. The van der Waals surface area contributed by atoms with E-state index in [-0.39, 0.29) is 18.1 Å². The van der Waals surface area contributed by atoms with Crippen LogP contribution in [0.3, 0.4) is 0 Å². The second kappa shape index (κ2) is 10.6. The van der Waals surface area contributed by atoms with Crippen LogP contribution < -0.4 is 14.4 Å². The quantitative estimate of drug-likeness (QED) is 0.557. The van der Waals surface area contributed by atoms with Crippen LogP contribution in [0, 0.1) is 0 Å². The van der Waals surface area contributed by atoms with Gasteiger partial charge in [-0.3, -0.25) is 13.9 Å². The van der Waals surface area contributed by atoms with Crippen molar-refractivity contribution in [3.05, 3.63) is 58.6 Å².